The first kappa shape index (κ1) is 10.3. The second-order valence-corrected chi connectivity index (χ2v) is 4.96. The van der Waals surface area contributed by atoms with Gasteiger partial charge in [-0.1, -0.05) is 6.92 Å². The zero-order valence-electron chi connectivity index (χ0n) is 9.68. The van der Waals surface area contributed by atoms with Crippen LogP contribution >= 0.6 is 0 Å². The van der Waals surface area contributed by atoms with Gasteiger partial charge in [-0.3, -0.25) is 9.78 Å². The summed E-state index contributed by atoms with van der Waals surface area (Å²) in [4.78, 5) is 16.0. The number of carbonyl (C=O) groups excluding carboxylic acids is 1. The van der Waals surface area contributed by atoms with Crippen molar-refractivity contribution in [1.82, 2.24) is 19.9 Å². The molecule has 2 aromatic heterocycles. The van der Waals surface area contributed by atoms with Crippen LogP contribution in [0.2, 0.25) is 0 Å². The van der Waals surface area contributed by atoms with E-state index in [0.29, 0.717) is 11.0 Å². The lowest BCUT2D eigenvalue weighted by atomic mass is 10.1. The minimum absolute atomic E-state index is 0.0684. The average molecular weight is 230 g/mol. The third kappa shape index (κ3) is 1.88. The fraction of sp³-hybridized carbons (Fsp3) is 0.417. The van der Waals surface area contributed by atoms with Crippen LogP contribution in [0.25, 0.3) is 5.52 Å². The molecule has 1 amide bonds. The third-order valence-corrected chi connectivity index (χ3v) is 3.35. The smallest absolute Gasteiger partial charge is 0.255 e. The zero-order chi connectivity index (χ0) is 11.9. The predicted molar refractivity (Wildman–Crippen MR) is 62.7 cm³/mol. The Labute approximate surface area is 98.9 Å². The van der Waals surface area contributed by atoms with E-state index in [-0.39, 0.29) is 5.91 Å². The summed E-state index contributed by atoms with van der Waals surface area (Å²) in [5.41, 5.74) is 1.64. The first-order valence-corrected chi connectivity index (χ1v) is 5.74. The van der Waals surface area contributed by atoms with Crippen LogP contribution in [0, 0.1) is 5.41 Å². The summed E-state index contributed by atoms with van der Waals surface area (Å²) in [7, 11) is 0. The van der Waals surface area contributed by atoms with Crippen LogP contribution < -0.4 is 5.32 Å². The average Bonchev–Trinajstić information content (AvgIpc) is 2.93. The molecule has 17 heavy (non-hydrogen) atoms. The minimum atomic E-state index is -0.0684. The van der Waals surface area contributed by atoms with Gasteiger partial charge in [0.2, 0.25) is 0 Å². The van der Waals surface area contributed by atoms with Crippen LogP contribution in [-0.4, -0.2) is 27.0 Å². The van der Waals surface area contributed by atoms with Crippen molar-refractivity contribution in [2.45, 2.75) is 19.8 Å². The fourth-order valence-electron chi connectivity index (χ4n) is 1.79. The highest BCUT2D eigenvalue weighted by molar-refractivity contribution is 6.00. The van der Waals surface area contributed by atoms with Crippen molar-refractivity contribution in [1.29, 1.82) is 0 Å². The van der Waals surface area contributed by atoms with Crippen LogP contribution in [0.4, 0.5) is 0 Å². The van der Waals surface area contributed by atoms with Gasteiger partial charge >= 0.3 is 0 Å². The lowest BCUT2D eigenvalue weighted by Crippen LogP contribution is -2.28. The molecule has 0 bridgehead atoms. The first-order valence-electron chi connectivity index (χ1n) is 5.74. The highest BCUT2D eigenvalue weighted by atomic mass is 16.1. The van der Waals surface area contributed by atoms with E-state index in [1.807, 2.05) is 0 Å². The van der Waals surface area contributed by atoms with Gasteiger partial charge in [-0.05, 0) is 18.3 Å². The Morgan fingerprint density at radius 2 is 2.35 bits per heavy atom. The first-order chi connectivity index (χ1) is 8.18. The van der Waals surface area contributed by atoms with Crippen molar-refractivity contribution in [3.05, 3.63) is 30.4 Å². The summed E-state index contributed by atoms with van der Waals surface area (Å²) in [5.74, 6) is -0.0684. The molecule has 2 aromatic rings. The largest absolute Gasteiger partial charge is 0.351 e. The second-order valence-electron chi connectivity index (χ2n) is 4.96. The van der Waals surface area contributed by atoms with E-state index in [1.165, 1.54) is 12.8 Å². The summed E-state index contributed by atoms with van der Waals surface area (Å²) in [6.45, 7) is 2.92. The van der Waals surface area contributed by atoms with E-state index in [4.69, 9.17) is 0 Å². The summed E-state index contributed by atoms with van der Waals surface area (Å²) >= 11 is 0. The molecule has 1 fully saturated rings. The van der Waals surface area contributed by atoms with E-state index in [2.05, 4.69) is 22.3 Å². The molecule has 3 rings (SSSR count). The molecule has 0 aromatic carbocycles. The quantitative estimate of drug-likeness (QED) is 0.863. The number of hydrogen-bond donors (Lipinski definition) is 1. The molecule has 0 radical (unpaired) electrons. The Kier molecular flexibility index (Phi) is 2.14. The molecule has 0 atom stereocenters. The van der Waals surface area contributed by atoms with Crippen LogP contribution in [0.1, 0.15) is 30.1 Å². The fourth-order valence-corrected chi connectivity index (χ4v) is 1.79. The number of nitrogens with one attached hydrogen (secondary N) is 1. The highest BCUT2D eigenvalue weighted by Crippen LogP contribution is 2.44. The van der Waals surface area contributed by atoms with Crippen molar-refractivity contribution in [2.75, 3.05) is 6.54 Å². The summed E-state index contributed by atoms with van der Waals surface area (Å²) < 4.78 is 1.65. The van der Waals surface area contributed by atoms with E-state index >= 15 is 0 Å². The van der Waals surface area contributed by atoms with Gasteiger partial charge in [-0.25, -0.2) is 4.52 Å². The zero-order valence-corrected chi connectivity index (χ0v) is 9.68. The van der Waals surface area contributed by atoms with Gasteiger partial charge in [0.05, 0.1) is 23.5 Å². The van der Waals surface area contributed by atoms with Gasteiger partial charge in [0.15, 0.2) is 0 Å². The van der Waals surface area contributed by atoms with E-state index in [1.54, 1.807) is 29.3 Å². The van der Waals surface area contributed by atoms with E-state index < -0.39 is 0 Å². The second kappa shape index (κ2) is 3.55. The van der Waals surface area contributed by atoms with Crippen LogP contribution in [0.15, 0.2) is 24.8 Å². The minimum Gasteiger partial charge on any atom is -0.351 e. The molecule has 0 aliphatic heterocycles. The van der Waals surface area contributed by atoms with Gasteiger partial charge in [0.1, 0.15) is 0 Å². The molecule has 2 heterocycles. The Morgan fingerprint density at radius 3 is 3.12 bits per heavy atom. The molecule has 1 aliphatic rings. The van der Waals surface area contributed by atoms with Gasteiger partial charge < -0.3 is 5.32 Å². The molecule has 0 saturated heterocycles. The molecule has 1 saturated carbocycles. The third-order valence-electron chi connectivity index (χ3n) is 3.35. The van der Waals surface area contributed by atoms with Gasteiger partial charge in [0, 0.05) is 18.9 Å². The molecule has 88 valence electrons. The Hall–Kier alpha value is -1.91. The van der Waals surface area contributed by atoms with E-state index in [0.717, 1.165) is 12.1 Å². The maximum atomic E-state index is 12.0. The molecule has 1 aliphatic carbocycles. The highest BCUT2D eigenvalue weighted by Gasteiger charge is 2.37. The lowest BCUT2D eigenvalue weighted by Gasteiger charge is -2.08. The van der Waals surface area contributed by atoms with Crippen LogP contribution in [0.3, 0.4) is 0 Å². The summed E-state index contributed by atoms with van der Waals surface area (Å²) in [6.07, 6.45) is 9.01. The summed E-state index contributed by atoms with van der Waals surface area (Å²) in [6, 6.07) is 0. The molecule has 0 unspecified atom stereocenters. The molecular formula is C12H14N4O. The van der Waals surface area contributed by atoms with Crippen LogP contribution in [-0.2, 0) is 0 Å². The Morgan fingerprint density at radius 1 is 1.53 bits per heavy atom. The number of rotatable bonds is 3. The van der Waals surface area contributed by atoms with Crippen molar-refractivity contribution in [3.8, 4) is 0 Å². The van der Waals surface area contributed by atoms with E-state index in [9.17, 15) is 4.79 Å². The van der Waals surface area contributed by atoms with Gasteiger partial charge in [0.25, 0.3) is 5.91 Å². The van der Waals surface area contributed by atoms with Gasteiger partial charge in [-0.2, -0.15) is 5.10 Å². The number of aromatic nitrogens is 3. The Balaban J connectivity index is 1.80. The molecule has 1 N–H and O–H groups in total. The monoisotopic (exact) mass is 230 g/mol. The maximum Gasteiger partial charge on any atom is 0.255 e. The van der Waals surface area contributed by atoms with Crippen LogP contribution in [0.5, 0.6) is 0 Å². The number of amides is 1. The molecule has 5 nitrogen and oxygen atoms in total. The number of fused-ring (bicyclic) bond motifs is 1. The summed E-state index contributed by atoms with van der Waals surface area (Å²) in [5, 5.41) is 7.08. The molecule has 0 spiro atoms. The Bertz CT molecular complexity index is 571. The van der Waals surface area contributed by atoms with Crippen molar-refractivity contribution < 1.29 is 4.79 Å². The number of hydrogen-bond acceptors (Lipinski definition) is 3. The maximum absolute atomic E-state index is 12.0. The van der Waals surface area contributed by atoms with Gasteiger partial charge in [-0.15, -0.1) is 0 Å². The van der Waals surface area contributed by atoms with Crippen molar-refractivity contribution >= 4 is 11.4 Å². The number of nitrogens with zero attached hydrogens (tertiary/aromatic N) is 3. The number of carbonyl (C=O) groups is 1. The topological polar surface area (TPSA) is 59.3 Å². The van der Waals surface area contributed by atoms with Crippen molar-refractivity contribution in [3.63, 3.8) is 0 Å². The SMILES string of the molecule is CC1(CNC(=O)c2cnn3ccncc23)CC1. The standard InChI is InChI=1S/C12H14N4O/c1-12(2-3-12)8-14-11(17)9-6-15-16-5-4-13-7-10(9)16/h4-7H,2-3,8H2,1H3,(H,14,17). The molecule has 5 heteroatoms. The predicted octanol–water partition coefficient (Wildman–Crippen LogP) is 1.26. The molecular weight excluding hydrogens is 216 g/mol. The normalized spacial score (nSPS) is 17.0. The van der Waals surface area contributed by atoms with Crippen molar-refractivity contribution in [2.24, 2.45) is 5.41 Å². The lowest BCUT2D eigenvalue weighted by molar-refractivity contribution is 0.0947.